The quantitative estimate of drug-likeness (QED) is 0.872. The fourth-order valence-electron chi connectivity index (χ4n) is 2.55. The van der Waals surface area contributed by atoms with E-state index in [1.807, 2.05) is 11.8 Å². The topological polar surface area (TPSA) is 40.5 Å². The average Bonchev–Trinajstić information content (AvgIpc) is 2.84. The Bertz CT molecular complexity index is 380. The van der Waals surface area contributed by atoms with E-state index >= 15 is 0 Å². The standard InChI is InChI=1S/C14H19NO2/c1-2-15(12-5-3-4-6-12)14(17)11-7-9-13(16)10-8-11/h7-10,12,16H,2-6H2,1H3. The van der Waals surface area contributed by atoms with E-state index in [1.165, 1.54) is 12.8 Å². The van der Waals surface area contributed by atoms with E-state index in [0.29, 0.717) is 11.6 Å². The maximum absolute atomic E-state index is 12.3. The van der Waals surface area contributed by atoms with Crippen molar-refractivity contribution in [3.05, 3.63) is 29.8 Å². The van der Waals surface area contributed by atoms with Crippen molar-refractivity contribution in [3.63, 3.8) is 0 Å². The van der Waals surface area contributed by atoms with Crippen molar-refractivity contribution in [1.29, 1.82) is 0 Å². The van der Waals surface area contributed by atoms with Crippen LogP contribution in [0.4, 0.5) is 0 Å². The Morgan fingerprint density at radius 3 is 2.41 bits per heavy atom. The molecule has 92 valence electrons. The molecule has 0 bridgehead atoms. The molecule has 0 radical (unpaired) electrons. The van der Waals surface area contributed by atoms with Crippen LogP contribution >= 0.6 is 0 Å². The Kier molecular flexibility index (Phi) is 3.67. The first-order chi connectivity index (χ1) is 8.22. The highest BCUT2D eigenvalue weighted by Crippen LogP contribution is 2.25. The second-order valence-corrected chi connectivity index (χ2v) is 4.58. The van der Waals surface area contributed by atoms with Crippen LogP contribution in [0, 0.1) is 0 Å². The summed E-state index contributed by atoms with van der Waals surface area (Å²) < 4.78 is 0. The molecule has 1 aromatic rings. The summed E-state index contributed by atoms with van der Waals surface area (Å²) in [7, 11) is 0. The normalized spacial score (nSPS) is 16.1. The number of benzene rings is 1. The number of nitrogens with zero attached hydrogens (tertiary/aromatic N) is 1. The molecule has 0 aliphatic heterocycles. The van der Waals surface area contributed by atoms with Crippen LogP contribution in [0.5, 0.6) is 5.75 Å². The lowest BCUT2D eigenvalue weighted by Gasteiger charge is -2.27. The van der Waals surface area contributed by atoms with Gasteiger partial charge in [-0.3, -0.25) is 4.79 Å². The largest absolute Gasteiger partial charge is 0.508 e. The van der Waals surface area contributed by atoms with Gasteiger partial charge in [-0.1, -0.05) is 12.8 Å². The highest BCUT2D eigenvalue weighted by atomic mass is 16.3. The smallest absolute Gasteiger partial charge is 0.254 e. The number of amides is 1. The summed E-state index contributed by atoms with van der Waals surface area (Å²) in [6, 6.07) is 6.91. The summed E-state index contributed by atoms with van der Waals surface area (Å²) in [4.78, 5) is 14.3. The molecule has 1 aromatic carbocycles. The zero-order chi connectivity index (χ0) is 12.3. The molecule has 0 aromatic heterocycles. The molecule has 3 heteroatoms. The number of phenols is 1. The van der Waals surface area contributed by atoms with Crippen molar-refractivity contribution in [2.45, 2.75) is 38.6 Å². The summed E-state index contributed by atoms with van der Waals surface area (Å²) in [5, 5.41) is 9.22. The van der Waals surface area contributed by atoms with E-state index in [4.69, 9.17) is 0 Å². The van der Waals surface area contributed by atoms with E-state index in [2.05, 4.69) is 0 Å². The highest BCUT2D eigenvalue weighted by Gasteiger charge is 2.25. The van der Waals surface area contributed by atoms with E-state index in [-0.39, 0.29) is 11.7 Å². The van der Waals surface area contributed by atoms with Crippen molar-refractivity contribution in [1.82, 2.24) is 4.90 Å². The zero-order valence-corrected chi connectivity index (χ0v) is 10.2. The maximum atomic E-state index is 12.3. The Morgan fingerprint density at radius 2 is 1.88 bits per heavy atom. The van der Waals surface area contributed by atoms with Crippen LogP contribution in [-0.4, -0.2) is 28.5 Å². The minimum Gasteiger partial charge on any atom is -0.508 e. The molecule has 1 saturated carbocycles. The third kappa shape index (κ3) is 2.60. The van der Waals surface area contributed by atoms with Gasteiger partial charge in [0.05, 0.1) is 0 Å². The van der Waals surface area contributed by atoms with Gasteiger partial charge in [-0.2, -0.15) is 0 Å². The number of aromatic hydroxyl groups is 1. The molecule has 0 unspecified atom stereocenters. The first-order valence-corrected chi connectivity index (χ1v) is 6.32. The van der Waals surface area contributed by atoms with Gasteiger partial charge in [-0.15, -0.1) is 0 Å². The second kappa shape index (κ2) is 5.21. The van der Waals surface area contributed by atoms with Crippen LogP contribution < -0.4 is 0 Å². The van der Waals surface area contributed by atoms with Crippen LogP contribution in [0.2, 0.25) is 0 Å². The molecule has 1 aliphatic rings. The molecule has 0 saturated heterocycles. The predicted octanol–water partition coefficient (Wildman–Crippen LogP) is 2.80. The number of carbonyl (C=O) groups is 1. The maximum Gasteiger partial charge on any atom is 0.254 e. The molecule has 1 N–H and O–H groups in total. The van der Waals surface area contributed by atoms with Crippen molar-refractivity contribution in [3.8, 4) is 5.75 Å². The van der Waals surface area contributed by atoms with Gasteiger partial charge in [0.15, 0.2) is 0 Å². The molecule has 2 rings (SSSR count). The van der Waals surface area contributed by atoms with E-state index in [9.17, 15) is 9.90 Å². The number of hydrogen-bond acceptors (Lipinski definition) is 2. The summed E-state index contributed by atoms with van der Waals surface area (Å²) in [6.07, 6.45) is 4.70. The number of rotatable bonds is 3. The molecule has 3 nitrogen and oxygen atoms in total. The van der Waals surface area contributed by atoms with Crippen LogP contribution in [-0.2, 0) is 0 Å². The summed E-state index contributed by atoms with van der Waals surface area (Å²) >= 11 is 0. The van der Waals surface area contributed by atoms with E-state index in [0.717, 1.165) is 19.4 Å². The fraction of sp³-hybridized carbons (Fsp3) is 0.500. The molecule has 1 fully saturated rings. The van der Waals surface area contributed by atoms with Gasteiger partial charge in [0.2, 0.25) is 0 Å². The fourth-order valence-corrected chi connectivity index (χ4v) is 2.55. The van der Waals surface area contributed by atoms with Crippen molar-refractivity contribution < 1.29 is 9.90 Å². The molecule has 0 atom stereocenters. The summed E-state index contributed by atoms with van der Waals surface area (Å²) in [5.74, 6) is 0.282. The summed E-state index contributed by atoms with van der Waals surface area (Å²) in [5.41, 5.74) is 0.663. The van der Waals surface area contributed by atoms with Gasteiger partial charge in [0.25, 0.3) is 5.91 Å². The molecule has 1 aliphatic carbocycles. The van der Waals surface area contributed by atoms with Gasteiger partial charge >= 0.3 is 0 Å². The number of phenolic OH excluding ortho intramolecular Hbond substituents is 1. The van der Waals surface area contributed by atoms with E-state index < -0.39 is 0 Å². The Balaban J connectivity index is 2.13. The van der Waals surface area contributed by atoms with Gasteiger partial charge in [0, 0.05) is 18.2 Å². The summed E-state index contributed by atoms with van der Waals surface area (Å²) in [6.45, 7) is 2.78. The second-order valence-electron chi connectivity index (χ2n) is 4.58. The predicted molar refractivity (Wildman–Crippen MR) is 67.1 cm³/mol. The first-order valence-electron chi connectivity index (χ1n) is 6.32. The third-order valence-electron chi connectivity index (χ3n) is 3.48. The Hall–Kier alpha value is -1.51. The zero-order valence-electron chi connectivity index (χ0n) is 10.2. The number of carbonyl (C=O) groups excluding carboxylic acids is 1. The lowest BCUT2D eigenvalue weighted by Crippen LogP contribution is -2.38. The van der Waals surface area contributed by atoms with Gasteiger partial charge in [-0.25, -0.2) is 0 Å². The molecule has 0 spiro atoms. The first kappa shape index (κ1) is 12.0. The van der Waals surface area contributed by atoms with Gasteiger partial charge in [0.1, 0.15) is 5.75 Å². The highest BCUT2D eigenvalue weighted by molar-refractivity contribution is 5.94. The Labute approximate surface area is 102 Å². The molecule has 1 amide bonds. The third-order valence-corrected chi connectivity index (χ3v) is 3.48. The molecular formula is C14H19NO2. The van der Waals surface area contributed by atoms with E-state index in [1.54, 1.807) is 24.3 Å². The van der Waals surface area contributed by atoms with Crippen LogP contribution in [0.25, 0.3) is 0 Å². The lowest BCUT2D eigenvalue weighted by molar-refractivity contribution is 0.0693. The van der Waals surface area contributed by atoms with Gasteiger partial charge < -0.3 is 10.0 Å². The SMILES string of the molecule is CCN(C(=O)c1ccc(O)cc1)C1CCCC1. The van der Waals surface area contributed by atoms with Gasteiger partial charge in [-0.05, 0) is 44.0 Å². The lowest BCUT2D eigenvalue weighted by atomic mass is 10.1. The molecular weight excluding hydrogens is 214 g/mol. The van der Waals surface area contributed by atoms with Crippen LogP contribution in [0.1, 0.15) is 43.0 Å². The van der Waals surface area contributed by atoms with Crippen molar-refractivity contribution in [2.24, 2.45) is 0 Å². The van der Waals surface area contributed by atoms with Crippen LogP contribution in [0.3, 0.4) is 0 Å². The molecule has 17 heavy (non-hydrogen) atoms. The van der Waals surface area contributed by atoms with Crippen molar-refractivity contribution in [2.75, 3.05) is 6.54 Å². The Morgan fingerprint density at radius 1 is 1.29 bits per heavy atom. The minimum atomic E-state index is 0.0828. The van der Waals surface area contributed by atoms with Crippen LogP contribution in [0.15, 0.2) is 24.3 Å². The monoisotopic (exact) mass is 233 g/mol. The molecule has 0 heterocycles. The minimum absolute atomic E-state index is 0.0828. The average molecular weight is 233 g/mol. The van der Waals surface area contributed by atoms with Crippen molar-refractivity contribution >= 4 is 5.91 Å². The number of hydrogen-bond donors (Lipinski definition) is 1.